The quantitative estimate of drug-likeness (QED) is 0.777. The number of nitrogens with one attached hydrogen (secondary N) is 1. The highest BCUT2D eigenvalue weighted by molar-refractivity contribution is 6.05. The molecule has 8 heteroatoms. The molecule has 2 amide bonds. The number of carbonyl (C=O) groups excluding carboxylic acids is 2. The fourth-order valence-corrected chi connectivity index (χ4v) is 5.22. The zero-order valence-corrected chi connectivity index (χ0v) is 17.8. The molecule has 1 spiro atoms. The summed E-state index contributed by atoms with van der Waals surface area (Å²) < 4.78 is 28.6. The number of halogens is 2. The maximum Gasteiger partial charge on any atom is 0.352 e. The van der Waals surface area contributed by atoms with Gasteiger partial charge in [0, 0.05) is 25.3 Å². The number of para-hydroxylation sites is 2. The molecule has 0 atom stereocenters. The van der Waals surface area contributed by atoms with Crippen molar-refractivity contribution in [1.82, 2.24) is 10.2 Å². The third-order valence-electron chi connectivity index (χ3n) is 6.99. The predicted octanol–water partition coefficient (Wildman–Crippen LogP) is 2.94. The summed E-state index contributed by atoms with van der Waals surface area (Å²) in [7, 11) is 0. The molecule has 2 aromatic rings. The fourth-order valence-electron chi connectivity index (χ4n) is 5.22. The number of benzene rings is 2. The first-order valence-electron chi connectivity index (χ1n) is 11.1. The second-order valence-corrected chi connectivity index (χ2v) is 8.70. The van der Waals surface area contributed by atoms with Gasteiger partial charge in [0.15, 0.2) is 0 Å². The van der Waals surface area contributed by atoms with Gasteiger partial charge in [0.25, 0.3) is 0 Å². The van der Waals surface area contributed by atoms with E-state index in [0.717, 1.165) is 18.8 Å². The van der Waals surface area contributed by atoms with Crippen LogP contribution >= 0.6 is 0 Å². The van der Waals surface area contributed by atoms with Crippen molar-refractivity contribution in [3.63, 3.8) is 0 Å². The van der Waals surface area contributed by atoms with Gasteiger partial charge in [-0.1, -0.05) is 36.4 Å². The van der Waals surface area contributed by atoms with E-state index in [1.54, 1.807) is 12.1 Å². The van der Waals surface area contributed by atoms with Crippen molar-refractivity contribution in [1.29, 1.82) is 0 Å². The molecule has 1 N–H and O–H groups in total. The molecule has 0 unspecified atom stereocenters. The Kier molecular flexibility index (Phi) is 5.12. The van der Waals surface area contributed by atoms with E-state index in [4.69, 9.17) is 0 Å². The van der Waals surface area contributed by atoms with Crippen molar-refractivity contribution in [2.24, 2.45) is 0 Å². The molecule has 0 aliphatic carbocycles. The Morgan fingerprint density at radius 1 is 0.906 bits per heavy atom. The SMILES string of the molecule is O=C1N(CCCN2CCC3(CC2)C(=O)NCN3c2ccccc2)c2ccccc2C1(F)F. The third kappa shape index (κ3) is 3.24. The zero-order valence-electron chi connectivity index (χ0n) is 17.8. The molecule has 32 heavy (non-hydrogen) atoms. The van der Waals surface area contributed by atoms with E-state index in [0.29, 0.717) is 38.2 Å². The van der Waals surface area contributed by atoms with Gasteiger partial charge >= 0.3 is 11.8 Å². The van der Waals surface area contributed by atoms with E-state index in [1.807, 2.05) is 30.3 Å². The highest BCUT2D eigenvalue weighted by Crippen LogP contribution is 2.44. The number of carbonyl (C=O) groups is 2. The van der Waals surface area contributed by atoms with Crippen molar-refractivity contribution in [3.8, 4) is 0 Å². The van der Waals surface area contributed by atoms with Gasteiger partial charge < -0.3 is 20.0 Å². The highest BCUT2D eigenvalue weighted by Gasteiger charge is 2.53. The van der Waals surface area contributed by atoms with Crippen LogP contribution < -0.4 is 15.1 Å². The van der Waals surface area contributed by atoms with Gasteiger partial charge in [0.05, 0.1) is 17.9 Å². The van der Waals surface area contributed by atoms with Gasteiger partial charge in [-0.05, 0) is 44.0 Å². The number of rotatable bonds is 5. The summed E-state index contributed by atoms with van der Waals surface area (Å²) in [6.45, 7) is 2.95. The summed E-state index contributed by atoms with van der Waals surface area (Å²) >= 11 is 0. The summed E-state index contributed by atoms with van der Waals surface area (Å²) in [6.07, 6.45) is 2.01. The number of likely N-dealkylation sites (tertiary alicyclic amines) is 1. The summed E-state index contributed by atoms with van der Waals surface area (Å²) in [5.41, 5.74) is 0.592. The number of piperidine rings is 1. The second kappa shape index (κ2) is 7.85. The summed E-state index contributed by atoms with van der Waals surface area (Å²) in [5.74, 6) is -4.52. The number of anilines is 2. The number of fused-ring (bicyclic) bond motifs is 1. The number of alkyl halides is 2. The largest absolute Gasteiger partial charge is 0.352 e. The summed E-state index contributed by atoms with van der Waals surface area (Å²) in [5, 5.41) is 3.00. The van der Waals surface area contributed by atoms with Crippen LogP contribution in [0.4, 0.5) is 20.2 Å². The Balaban J connectivity index is 1.19. The molecule has 3 aliphatic heterocycles. The van der Waals surface area contributed by atoms with Gasteiger partial charge in [0.1, 0.15) is 5.54 Å². The van der Waals surface area contributed by atoms with Crippen molar-refractivity contribution >= 4 is 23.2 Å². The van der Waals surface area contributed by atoms with Crippen LogP contribution in [0, 0.1) is 0 Å². The van der Waals surface area contributed by atoms with Gasteiger partial charge in [-0.15, -0.1) is 0 Å². The van der Waals surface area contributed by atoms with Crippen molar-refractivity contribution in [2.75, 3.05) is 42.6 Å². The molecule has 0 aromatic heterocycles. The topological polar surface area (TPSA) is 55.9 Å². The lowest BCUT2D eigenvalue weighted by molar-refractivity contribution is -0.141. The molecule has 3 aliphatic rings. The third-order valence-corrected chi connectivity index (χ3v) is 6.99. The van der Waals surface area contributed by atoms with Crippen LogP contribution in [-0.4, -0.2) is 55.1 Å². The van der Waals surface area contributed by atoms with Crippen molar-refractivity contribution in [3.05, 3.63) is 60.2 Å². The molecule has 0 bridgehead atoms. The van der Waals surface area contributed by atoms with Gasteiger partial charge in [-0.2, -0.15) is 8.78 Å². The predicted molar refractivity (Wildman–Crippen MR) is 118 cm³/mol. The summed E-state index contributed by atoms with van der Waals surface area (Å²) in [6, 6.07) is 16.1. The van der Waals surface area contributed by atoms with E-state index < -0.39 is 17.4 Å². The van der Waals surface area contributed by atoms with E-state index in [1.165, 1.54) is 17.0 Å². The van der Waals surface area contributed by atoms with Crippen LogP contribution in [0.2, 0.25) is 0 Å². The standard InChI is InChI=1S/C24H26F2N4O2/c25-24(26)19-9-4-5-10-20(19)29(22(24)32)14-6-13-28-15-11-23(12-16-28)21(31)27-17-30(23)18-7-2-1-3-8-18/h1-5,7-10H,6,11-17H2,(H,27,31). The maximum absolute atomic E-state index is 14.3. The molecule has 2 aromatic carbocycles. The molecular weight excluding hydrogens is 414 g/mol. The first-order chi connectivity index (χ1) is 15.4. The van der Waals surface area contributed by atoms with Crippen molar-refractivity contribution in [2.45, 2.75) is 30.7 Å². The molecule has 0 radical (unpaired) electrons. The van der Waals surface area contributed by atoms with Gasteiger partial charge in [0.2, 0.25) is 5.91 Å². The molecule has 0 saturated carbocycles. The van der Waals surface area contributed by atoms with Crippen LogP contribution in [0.1, 0.15) is 24.8 Å². The monoisotopic (exact) mass is 440 g/mol. The first kappa shape index (κ1) is 20.9. The number of amides is 2. The lowest BCUT2D eigenvalue weighted by Gasteiger charge is -2.43. The van der Waals surface area contributed by atoms with Gasteiger partial charge in [-0.25, -0.2) is 0 Å². The average molecular weight is 440 g/mol. The van der Waals surface area contributed by atoms with E-state index in [9.17, 15) is 18.4 Å². The Morgan fingerprint density at radius 3 is 2.34 bits per heavy atom. The first-order valence-corrected chi connectivity index (χ1v) is 11.1. The van der Waals surface area contributed by atoms with E-state index in [-0.39, 0.29) is 18.0 Å². The Morgan fingerprint density at radius 2 is 1.59 bits per heavy atom. The normalized spacial score (nSPS) is 21.8. The molecule has 3 heterocycles. The molecule has 168 valence electrons. The maximum atomic E-state index is 14.3. The lowest BCUT2D eigenvalue weighted by atomic mass is 9.85. The highest BCUT2D eigenvalue weighted by atomic mass is 19.3. The van der Waals surface area contributed by atoms with Gasteiger partial charge in [-0.3, -0.25) is 9.59 Å². The van der Waals surface area contributed by atoms with E-state index in [2.05, 4.69) is 15.1 Å². The molecular formula is C24H26F2N4O2. The van der Waals surface area contributed by atoms with Crippen molar-refractivity contribution < 1.29 is 18.4 Å². The fraction of sp³-hybridized carbons (Fsp3) is 0.417. The zero-order chi connectivity index (χ0) is 22.3. The molecule has 5 rings (SSSR count). The summed E-state index contributed by atoms with van der Waals surface area (Å²) in [4.78, 5) is 30.6. The van der Waals surface area contributed by atoms with Crippen LogP contribution in [0.3, 0.4) is 0 Å². The smallest absolute Gasteiger partial charge is 0.339 e. The second-order valence-electron chi connectivity index (χ2n) is 8.70. The minimum Gasteiger partial charge on any atom is -0.339 e. The Hall–Kier alpha value is -3.00. The van der Waals surface area contributed by atoms with Crippen LogP contribution in [-0.2, 0) is 15.5 Å². The molecule has 6 nitrogen and oxygen atoms in total. The Bertz CT molecular complexity index is 1020. The van der Waals surface area contributed by atoms with Crippen LogP contribution in [0.15, 0.2) is 54.6 Å². The number of hydrogen-bond donors (Lipinski definition) is 1. The minimum absolute atomic E-state index is 0.0718. The van der Waals surface area contributed by atoms with Crippen LogP contribution in [0.25, 0.3) is 0 Å². The van der Waals surface area contributed by atoms with Crippen LogP contribution in [0.5, 0.6) is 0 Å². The Labute approximate surface area is 185 Å². The molecule has 2 fully saturated rings. The number of nitrogens with zero attached hydrogens (tertiary/aromatic N) is 3. The van der Waals surface area contributed by atoms with E-state index >= 15 is 0 Å². The lowest BCUT2D eigenvalue weighted by Crippen LogP contribution is -2.56. The molecule has 2 saturated heterocycles. The average Bonchev–Trinajstić information content (AvgIpc) is 3.22. The minimum atomic E-state index is -3.45. The number of hydrogen-bond acceptors (Lipinski definition) is 4.